The maximum absolute atomic E-state index is 10.8. The standard InChI is InChI=1S/C23H20N6O3S/c1-28-23-22(29(33(28,30)31)14-15-2-3-15)7-6-21(27-23)20-11-18(5-4-16(20)12-24)32-19-8-9-26-17(10-19)13-25/h4-11,15,30-31H,2-3,14H2,1H3. The molecule has 5 rings (SSSR count). The van der Waals surface area contributed by atoms with Gasteiger partial charge in [-0.1, -0.05) is 0 Å². The van der Waals surface area contributed by atoms with E-state index in [2.05, 4.69) is 16.0 Å². The normalized spacial score (nSPS) is 17.1. The Labute approximate surface area is 192 Å². The minimum absolute atomic E-state index is 0.236. The molecule has 9 nitrogen and oxygen atoms in total. The van der Waals surface area contributed by atoms with Gasteiger partial charge in [0.2, 0.25) is 0 Å². The molecule has 2 aromatic heterocycles. The summed E-state index contributed by atoms with van der Waals surface area (Å²) in [7, 11) is -1.56. The van der Waals surface area contributed by atoms with Crippen molar-refractivity contribution in [2.75, 3.05) is 22.2 Å². The minimum atomic E-state index is -3.17. The number of nitrogens with zero attached hydrogens (tertiary/aromatic N) is 6. The highest BCUT2D eigenvalue weighted by molar-refractivity contribution is 8.26. The van der Waals surface area contributed by atoms with Gasteiger partial charge in [0, 0.05) is 31.4 Å². The molecule has 0 saturated heterocycles. The van der Waals surface area contributed by atoms with Gasteiger partial charge < -0.3 is 4.74 Å². The van der Waals surface area contributed by atoms with Crippen LogP contribution in [-0.2, 0) is 0 Å². The lowest BCUT2D eigenvalue weighted by atomic mass is 10.0. The van der Waals surface area contributed by atoms with Gasteiger partial charge in [0.1, 0.15) is 28.9 Å². The third-order valence-electron chi connectivity index (χ3n) is 5.67. The van der Waals surface area contributed by atoms with E-state index in [0.29, 0.717) is 52.3 Å². The summed E-state index contributed by atoms with van der Waals surface area (Å²) in [4.78, 5) is 8.62. The smallest absolute Gasteiger partial charge is 0.174 e. The second-order valence-corrected chi connectivity index (χ2v) is 9.91. The molecule has 3 aromatic rings. The van der Waals surface area contributed by atoms with Crippen LogP contribution in [0.1, 0.15) is 24.1 Å². The van der Waals surface area contributed by atoms with Crippen molar-refractivity contribution in [1.29, 1.82) is 10.5 Å². The zero-order valence-electron chi connectivity index (χ0n) is 17.7. The van der Waals surface area contributed by atoms with Crippen LogP contribution >= 0.6 is 11.0 Å². The molecule has 0 amide bonds. The first-order valence-electron chi connectivity index (χ1n) is 10.3. The molecular weight excluding hydrogens is 440 g/mol. The third kappa shape index (κ3) is 3.81. The summed E-state index contributed by atoms with van der Waals surface area (Å²) in [5.41, 5.74) is 2.38. The zero-order chi connectivity index (χ0) is 23.2. The predicted molar refractivity (Wildman–Crippen MR) is 125 cm³/mol. The molecule has 10 heteroatoms. The second-order valence-electron chi connectivity index (χ2n) is 7.94. The summed E-state index contributed by atoms with van der Waals surface area (Å²) >= 11 is 0. The summed E-state index contributed by atoms with van der Waals surface area (Å²) < 4.78 is 30.5. The van der Waals surface area contributed by atoms with Crippen molar-refractivity contribution >= 4 is 22.5 Å². The molecule has 33 heavy (non-hydrogen) atoms. The maximum Gasteiger partial charge on any atom is 0.174 e. The number of fused-ring (bicyclic) bond motifs is 1. The SMILES string of the molecule is CN1c2nc(-c3cc(Oc4ccnc(C#N)c4)ccc3C#N)ccc2N(CC2CC2)S1(O)O. The molecule has 1 aliphatic heterocycles. The lowest BCUT2D eigenvalue weighted by Crippen LogP contribution is -2.32. The quantitative estimate of drug-likeness (QED) is 0.544. The predicted octanol–water partition coefficient (Wildman–Crippen LogP) is 4.93. The molecule has 2 aliphatic rings. The average molecular weight is 461 g/mol. The van der Waals surface area contributed by atoms with Crippen LogP contribution in [0.3, 0.4) is 0 Å². The Balaban J connectivity index is 1.52. The van der Waals surface area contributed by atoms with Gasteiger partial charge in [-0.3, -0.25) is 9.11 Å². The fourth-order valence-electron chi connectivity index (χ4n) is 3.71. The van der Waals surface area contributed by atoms with Gasteiger partial charge in [-0.25, -0.2) is 18.6 Å². The summed E-state index contributed by atoms with van der Waals surface area (Å²) in [6.45, 7) is 0.574. The first-order valence-corrected chi connectivity index (χ1v) is 11.8. The van der Waals surface area contributed by atoms with Gasteiger partial charge in [-0.15, -0.1) is 0 Å². The molecule has 1 fully saturated rings. The van der Waals surface area contributed by atoms with Gasteiger partial charge in [0.25, 0.3) is 0 Å². The summed E-state index contributed by atoms with van der Waals surface area (Å²) in [6.07, 6.45) is 3.66. The van der Waals surface area contributed by atoms with E-state index in [-0.39, 0.29) is 5.69 Å². The van der Waals surface area contributed by atoms with Crippen LogP contribution in [0.4, 0.5) is 11.5 Å². The monoisotopic (exact) mass is 460 g/mol. The largest absolute Gasteiger partial charge is 0.457 e. The Morgan fingerprint density at radius 3 is 2.61 bits per heavy atom. The summed E-state index contributed by atoms with van der Waals surface area (Å²) in [5, 5.41) is 18.7. The minimum Gasteiger partial charge on any atom is -0.457 e. The van der Waals surface area contributed by atoms with E-state index in [9.17, 15) is 14.4 Å². The zero-order valence-corrected chi connectivity index (χ0v) is 18.5. The number of hydrogen-bond acceptors (Lipinski definition) is 9. The molecule has 0 unspecified atom stereocenters. The average Bonchev–Trinajstić information content (AvgIpc) is 3.63. The number of anilines is 2. The van der Waals surface area contributed by atoms with E-state index in [4.69, 9.17) is 10.00 Å². The number of hydrogen-bond donors (Lipinski definition) is 2. The van der Waals surface area contributed by atoms with Gasteiger partial charge >= 0.3 is 0 Å². The van der Waals surface area contributed by atoms with Crippen molar-refractivity contribution in [2.24, 2.45) is 5.92 Å². The van der Waals surface area contributed by atoms with Gasteiger partial charge in [0.15, 0.2) is 5.82 Å². The van der Waals surface area contributed by atoms with E-state index in [1.165, 1.54) is 16.6 Å². The van der Waals surface area contributed by atoms with Crippen LogP contribution in [0.15, 0.2) is 48.7 Å². The van der Waals surface area contributed by atoms with Crippen molar-refractivity contribution in [1.82, 2.24) is 9.97 Å². The van der Waals surface area contributed by atoms with Crippen LogP contribution < -0.4 is 13.3 Å². The molecule has 3 heterocycles. The molecule has 1 aliphatic carbocycles. The third-order valence-corrected chi connectivity index (χ3v) is 7.52. The molecule has 2 N–H and O–H groups in total. The van der Waals surface area contributed by atoms with Crippen molar-refractivity contribution in [3.63, 3.8) is 0 Å². The van der Waals surface area contributed by atoms with Crippen LogP contribution in [0.2, 0.25) is 0 Å². The molecule has 0 spiro atoms. The Bertz CT molecular complexity index is 1330. The number of benzene rings is 1. The Kier molecular flexibility index (Phi) is 5.06. The van der Waals surface area contributed by atoms with E-state index in [0.717, 1.165) is 12.8 Å². The Hall–Kier alpha value is -3.83. The van der Waals surface area contributed by atoms with Crippen molar-refractivity contribution in [2.45, 2.75) is 12.8 Å². The highest BCUT2D eigenvalue weighted by Crippen LogP contribution is 2.60. The molecule has 1 aromatic carbocycles. The van der Waals surface area contributed by atoms with E-state index in [1.807, 2.05) is 12.1 Å². The second kappa shape index (κ2) is 7.94. The van der Waals surface area contributed by atoms with E-state index < -0.39 is 11.0 Å². The maximum atomic E-state index is 10.8. The number of pyridine rings is 2. The van der Waals surface area contributed by atoms with Crippen LogP contribution in [0.25, 0.3) is 11.3 Å². The van der Waals surface area contributed by atoms with Gasteiger partial charge in [-0.2, -0.15) is 10.5 Å². The molecule has 0 atom stereocenters. The topological polar surface area (TPSA) is 130 Å². The Morgan fingerprint density at radius 1 is 1.09 bits per heavy atom. The molecular formula is C23H20N6O3S. The Morgan fingerprint density at radius 2 is 1.88 bits per heavy atom. The number of aromatic nitrogens is 2. The van der Waals surface area contributed by atoms with Crippen LogP contribution in [-0.4, -0.2) is 32.7 Å². The first kappa shape index (κ1) is 21.0. The fourth-order valence-corrected chi connectivity index (χ4v) is 5.19. The molecule has 0 radical (unpaired) electrons. The van der Waals surface area contributed by atoms with E-state index in [1.54, 1.807) is 41.7 Å². The van der Waals surface area contributed by atoms with Gasteiger partial charge in [0.05, 0.1) is 17.3 Å². The van der Waals surface area contributed by atoms with Crippen LogP contribution in [0.5, 0.6) is 11.5 Å². The lowest BCUT2D eigenvalue weighted by molar-refractivity contribution is 0.480. The van der Waals surface area contributed by atoms with Crippen molar-refractivity contribution in [3.05, 3.63) is 59.9 Å². The van der Waals surface area contributed by atoms with Gasteiger partial charge in [-0.05, 0) is 66.1 Å². The van der Waals surface area contributed by atoms with Crippen molar-refractivity contribution < 1.29 is 13.8 Å². The van der Waals surface area contributed by atoms with Crippen LogP contribution in [0, 0.1) is 28.6 Å². The lowest BCUT2D eigenvalue weighted by Gasteiger charge is -2.41. The number of ether oxygens (including phenoxy) is 1. The molecule has 1 saturated carbocycles. The number of rotatable bonds is 5. The number of nitriles is 2. The summed E-state index contributed by atoms with van der Waals surface area (Å²) in [6, 6.07) is 15.9. The van der Waals surface area contributed by atoms with Crippen molar-refractivity contribution in [3.8, 4) is 34.9 Å². The highest BCUT2D eigenvalue weighted by Gasteiger charge is 2.42. The highest BCUT2D eigenvalue weighted by atomic mass is 32.3. The fraction of sp³-hybridized carbons (Fsp3) is 0.217. The molecule has 166 valence electrons. The van der Waals surface area contributed by atoms with E-state index >= 15 is 0 Å². The summed E-state index contributed by atoms with van der Waals surface area (Å²) in [5.74, 6) is 1.83. The molecule has 0 bridgehead atoms. The first-order chi connectivity index (χ1) is 15.9.